The summed E-state index contributed by atoms with van der Waals surface area (Å²) in [6, 6.07) is 16.4. The van der Waals surface area contributed by atoms with Crippen molar-refractivity contribution in [2.45, 2.75) is 32.1 Å². The highest BCUT2D eigenvalue weighted by atomic mass is 32.2. The molecule has 0 saturated heterocycles. The highest BCUT2D eigenvalue weighted by Gasteiger charge is 2.12. The molecule has 0 saturated carbocycles. The molecule has 0 aliphatic heterocycles. The number of benzene rings is 2. The summed E-state index contributed by atoms with van der Waals surface area (Å²) in [4.78, 5) is 12.2. The van der Waals surface area contributed by atoms with E-state index in [0.717, 1.165) is 23.5 Å². The lowest BCUT2D eigenvalue weighted by molar-refractivity contribution is -0.119. The number of ether oxygens (including phenoxy) is 1. The lowest BCUT2D eigenvalue weighted by Crippen LogP contribution is -2.29. The van der Waals surface area contributed by atoms with Crippen LogP contribution < -0.4 is 10.1 Å². The highest BCUT2D eigenvalue weighted by Crippen LogP contribution is 2.19. The van der Waals surface area contributed by atoms with Crippen LogP contribution in [0.3, 0.4) is 0 Å². The number of carbonyl (C=O) groups excluding carboxylic acids is 1. The average Bonchev–Trinajstić information content (AvgIpc) is 2.61. The van der Waals surface area contributed by atoms with Gasteiger partial charge in [-0.05, 0) is 36.6 Å². The van der Waals surface area contributed by atoms with Gasteiger partial charge in [0.15, 0.2) is 0 Å². The van der Waals surface area contributed by atoms with Crippen molar-refractivity contribution in [2.24, 2.45) is 0 Å². The average molecular weight is 343 g/mol. The first-order valence-electron chi connectivity index (χ1n) is 8.19. The van der Waals surface area contributed by atoms with Gasteiger partial charge in [0.05, 0.1) is 18.9 Å². The summed E-state index contributed by atoms with van der Waals surface area (Å²) < 4.78 is 5.15. The molecule has 1 atom stereocenters. The first kappa shape index (κ1) is 18.4. The number of hydrogen-bond acceptors (Lipinski definition) is 3. The molecule has 128 valence electrons. The molecule has 2 rings (SSSR count). The minimum absolute atomic E-state index is 0.0830. The fourth-order valence-corrected chi connectivity index (χ4v) is 3.24. The fraction of sp³-hybridized carbons (Fsp3) is 0.350. The molecule has 0 radical (unpaired) electrons. The van der Waals surface area contributed by atoms with Gasteiger partial charge in [-0.3, -0.25) is 4.79 Å². The van der Waals surface area contributed by atoms with Crippen LogP contribution in [0.2, 0.25) is 0 Å². The second-order valence-corrected chi connectivity index (χ2v) is 6.77. The lowest BCUT2D eigenvalue weighted by Gasteiger charge is -2.17. The van der Waals surface area contributed by atoms with Crippen molar-refractivity contribution >= 4 is 17.7 Å². The van der Waals surface area contributed by atoms with E-state index in [1.165, 1.54) is 11.1 Å². The van der Waals surface area contributed by atoms with E-state index >= 15 is 0 Å². The Morgan fingerprint density at radius 2 is 1.79 bits per heavy atom. The zero-order chi connectivity index (χ0) is 17.4. The summed E-state index contributed by atoms with van der Waals surface area (Å²) in [5, 5.41) is 3.13. The van der Waals surface area contributed by atoms with E-state index in [1.54, 1.807) is 18.9 Å². The van der Waals surface area contributed by atoms with E-state index in [2.05, 4.69) is 43.4 Å². The quantitative estimate of drug-likeness (QED) is 0.767. The predicted octanol–water partition coefficient (Wildman–Crippen LogP) is 4.50. The Hall–Kier alpha value is -1.94. The number of methoxy groups -OCH3 is 1. The summed E-state index contributed by atoms with van der Waals surface area (Å²) in [6.45, 7) is 4.16. The summed E-state index contributed by atoms with van der Waals surface area (Å²) in [7, 11) is 1.66. The van der Waals surface area contributed by atoms with Crippen molar-refractivity contribution in [3.8, 4) is 5.75 Å². The Morgan fingerprint density at radius 1 is 1.12 bits per heavy atom. The Labute approximate surface area is 148 Å². The van der Waals surface area contributed by atoms with Crippen LogP contribution in [0, 0.1) is 6.92 Å². The van der Waals surface area contributed by atoms with E-state index in [1.807, 2.05) is 24.3 Å². The predicted molar refractivity (Wildman–Crippen MR) is 102 cm³/mol. The van der Waals surface area contributed by atoms with Gasteiger partial charge >= 0.3 is 0 Å². The lowest BCUT2D eigenvalue weighted by atomic mass is 10.0. The number of rotatable bonds is 8. The molecule has 0 fully saturated rings. The van der Waals surface area contributed by atoms with Crippen molar-refractivity contribution in [3.63, 3.8) is 0 Å². The summed E-state index contributed by atoms with van der Waals surface area (Å²) in [6.07, 6.45) is 0.887. The molecule has 0 bridgehead atoms. The highest BCUT2D eigenvalue weighted by molar-refractivity contribution is 7.99. The standard InChI is InChI=1S/C20H25NO2S/c1-4-19(17-9-5-15(2)6-10-17)21-20(22)14-24-13-16-7-11-18(23-3)12-8-16/h5-12,19H,4,13-14H2,1-3H3,(H,21,22)/t19-/m1/s1. The zero-order valence-electron chi connectivity index (χ0n) is 14.5. The van der Waals surface area contributed by atoms with E-state index < -0.39 is 0 Å². The van der Waals surface area contributed by atoms with Crippen molar-refractivity contribution in [3.05, 3.63) is 65.2 Å². The van der Waals surface area contributed by atoms with E-state index in [4.69, 9.17) is 4.74 Å². The SMILES string of the molecule is CC[C@@H](NC(=O)CSCc1ccc(OC)cc1)c1ccc(C)cc1. The molecule has 0 aliphatic carbocycles. The van der Waals surface area contributed by atoms with Gasteiger partial charge in [0.1, 0.15) is 5.75 Å². The Bertz CT molecular complexity index is 638. The maximum Gasteiger partial charge on any atom is 0.230 e. The van der Waals surface area contributed by atoms with Gasteiger partial charge in [0.2, 0.25) is 5.91 Å². The number of amides is 1. The van der Waals surface area contributed by atoms with E-state index in [-0.39, 0.29) is 11.9 Å². The van der Waals surface area contributed by atoms with Crippen molar-refractivity contribution < 1.29 is 9.53 Å². The smallest absolute Gasteiger partial charge is 0.230 e. The van der Waals surface area contributed by atoms with Gasteiger partial charge < -0.3 is 10.1 Å². The third-order valence-corrected chi connectivity index (χ3v) is 4.89. The molecular weight excluding hydrogens is 318 g/mol. The number of hydrogen-bond donors (Lipinski definition) is 1. The Balaban J connectivity index is 1.79. The number of thioether (sulfide) groups is 1. The molecule has 2 aromatic carbocycles. The monoisotopic (exact) mass is 343 g/mol. The van der Waals surface area contributed by atoms with Crippen LogP contribution in [-0.2, 0) is 10.5 Å². The molecule has 1 N–H and O–H groups in total. The van der Waals surface area contributed by atoms with Crippen LogP contribution in [0.4, 0.5) is 0 Å². The van der Waals surface area contributed by atoms with Crippen LogP contribution in [0.15, 0.2) is 48.5 Å². The van der Waals surface area contributed by atoms with Crippen LogP contribution in [0.1, 0.15) is 36.1 Å². The van der Waals surface area contributed by atoms with E-state index in [9.17, 15) is 4.79 Å². The molecule has 0 unspecified atom stereocenters. The summed E-state index contributed by atoms with van der Waals surface area (Å²) >= 11 is 1.63. The molecule has 4 heteroatoms. The molecule has 0 spiro atoms. The topological polar surface area (TPSA) is 38.3 Å². The molecule has 0 heterocycles. The Morgan fingerprint density at radius 3 is 2.38 bits per heavy atom. The number of carbonyl (C=O) groups is 1. The van der Waals surface area contributed by atoms with Gasteiger partial charge in [-0.2, -0.15) is 0 Å². The van der Waals surface area contributed by atoms with Crippen molar-refractivity contribution in [2.75, 3.05) is 12.9 Å². The first-order chi connectivity index (χ1) is 11.6. The molecule has 3 nitrogen and oxygen atoms in total. The summed E-state index contributed by atoms with van der Waals surface area (Å²) in [5.74, 6) is 2.22. The van der Waals surface area contributed by atoms with Gasteiger partial charge in [-0.15, -0.1) is 11.8 Å². The van der Waals surface area contributed by atoms with Gasteiger partial charge in [-0.25, -0.2) is 0 Å². The third-order valence-electron chi connectivity index (χ3n) is 3.88. The maximum atomic E-state index is 12.2. The Kier molecular flexibility index (Phi) is 7.19. The van der Waals surface area contributed by atoms with Crippen molar-refractivity contribution in [1.82, 2.24) is 5.32 Å². The third kappa shape index (κ3) is 5.60. The van der Waals surface area contributed by atoms with Crippen LogP contribution >= 0.6 is 11.8 Å². The van der Waals surface area contributed by atoms with Crippen LogP contribution in [0.25, 0.3) is 0 Å². The molecule has 24 heavy (non-hydrogen) atoms. The molecule has 1 amide bonds. The second kappa shape index (κ2) is 9.38. The fourth-order valence-electron chi connectivity index (χ4n) is 2.44. The summed E-state index contributed by atoms with van der Waals surface area (Å²) in [5.41, 5.74) is 3.59. The van der Waals surface area contributed by atoms with Crippen LogP contribution in [-0.4, -0.2) is 18.8 Å². The first-order valence-corrected chi connectivity index (χ1v) is 9.34. The maximum absolute atomic E-state index is 12.2. The molecular formula is C20H25NO2S. The van der Waals surface area contributed by atoms with Gasteiger partial charge in [0.25, 0.3) is 0 Å². The number of aryl methyl sites for hydroxylation is 1. The molecule has 2 aromatic rings. The minimum atomic E-state index is 0.0830. The normalized spacial score (nSPS) is 11.8. The van der Waals surface area contributed by atoms with Gasteiger partial charge in [-0.1, -0.05) is 48.9 Å². The number of nitrogens with one attached hydrogen (secondary N) is 1. The van der Waals surface area contributed by atoms with Gasteiger partial charge in [0, 0.05) is 5.75 Å². The van der Waals surface area contributed by atoms with Crippen LogP contribution in [0.5, 0.6) is 5.75 Å². The van der Waals surface area contributed by atoms with E-state index in [0.29, 0.717) is 5.75 Å². The minimum Gasteiger partial charge on any atom is -0.497 e. The zero-order valence-corrected chi connectivity index (χ0v) is 15.4. The molecule has 0 aliphatic rings. The van der Waals surface area contributed by atoms with Crippen molar-refractivity contribution in [1.29, 1.82) is 0 Å². The molecule has 0 aromatic heterocycles. The second-order valence-electron chi connectivity index (χ2n) is 5.78. The largest absolute Gasteiger partial charge is 0.497 e.